The van der Waals surface area contributed by atoms with Crippen LogP contribution in [0, 0.1) is 0 Å². The Morgan fingerprint density at radius 3 is 2.33 bits per heavy atom. The molecule has 0 aliphatic heterocycles. The van der Waals surface area contributed by atoms with Crippen molar-refractivity contribution in [3.8, 4) is 0 Å². The smallest absolute Gasteiger partial charge is 0.326 e. The third kappa shape index (κ3) is 4.26. The standard InChI is InChI=1S/C6H9NO5/c1-3(8)7-4(6(11)12)2-5(9)10/h4H,2H2,1H3,(H,7,8)(H,9,10)(H,11,12)/i2D2,4D. The van der Waals surface area contributed by atoms with Crippen LogP contribution in [-0.2, 0) is 14.4 Å². The second kappa shape index (κ2) is 4.32. The van der Waals surface area contributed by atoms with Crippen molar-refractivity contribution in [3.63, 3.8) is 0 Å². The Bertz CT molecular complexity index is 318. The highest BCUT2D eigenvalue weighted by atomic mass is 16.4. The van der Waals surface area contributed by atoms with Gasteiger partial charge in [-0.3, -0.25) is 9.59 Å². The number of aliphatic carboxylic acids is 2. The van der Waals surface area contributed by atoms with Gasteiger partial charge in [-0.2, -0.15) is 0 Å². The summed E-state index contributed by atoms with van der Waals surface area (Å²) in [6.45, 7) is 0.851. The quantitative estimate of drug-likeness (QED) is 0.515. The van der Waals surface area contributed by atoms with Crippen molar-refractivity contribution in [3.05, 3.63) is 0 Å². The summed E-state index contributed by atoms with van der Waals surface area (Å²) in [6.07, 6.45) is -3.44. The van der Waals surface area contributed by atoms with Crippen LogP contribution in [0.2, 0.25) is 0 Å². The van der Waals surface area contributed by atoms with Crippen LogP contribution in [0.5, 0.6) is 0 Å². The van der Waals surface area contributed by atoms with Crippen molar-refractivity contribution >= 4 is 17.8 Å². The van der Waals surface area contributed by atoms with Crippen molar-refractivity contribution in [2.24, 2.45) is 0 Å². The zero-order chi connectivity index (χ0) is 12.4. The first kappa shape index (κ1) is 5.99. The molecule has 1 amide bonds. The molecule has 0 saturated carbocycles. The fraction of sp³-hybridized carbons (Fsp3) is 0.500. The van der Waals surface area contributed by atoms with Gasteiger partial charge in [0.1, 0.15) is 6.02 Å². The molecule has 0 saturated heterocycles. The van der Waals surface area contributed by atoms with Crippen LogP contribution in [0.3, 0.4) is 0 Å². The van der Waals surface area contributed by atoms with E-state index < -0.39 is 30.2 Å². The maximum absolute atomic E-state index is 10.6. The van der Waals surface area contributed by atoms with Crippen molar-refractivity contribution in [1.82, 2.24) is 5.32 Å². The third-order valence-electron chi connectivity index (χ3n) is 0.747. The first-order valence-corrected chi connectivity index (χ1v) is 2.81. The molecule has 6 heteroatoms. The van der Waals surface area contributed by atoms with Crippen LogP contribution < -0.4 is 5.32 Å². The summed E-state index contributed by atoms with van der Waals surface area (Å²) in [6, 6.07) is -3.26. The largest absolute Gasteiger partial charge is 0.481 e. The van der Waals surface area contributed by atoms with Gasteiger partial charge in [0.15, 0.2) is 0 Å². The molecule has 0 aliphatic carbocycles. The third-order valence-corrected chi connectivity index (χ3v) is 0.747. The number of carboxylic acid groups (broad SMARTS) is 2. The molecule has 0 aliphatic rings. The number of carboxylic acids is 2. The number of carbonyl (C=O) groups is 3. The lowest BCUT2D eigenvalue weighted by molar-refractivity contribution is -0.147. The summed E-state index contributed by atoms with van der Waals surface area (Å²) in [5, 5.41) is 18.4. The average Bonchev–Trinajstić information content (AvgIpc) is 2.01. The second-order valence-corrected chi connectivity index (χ2v) is 1.79. The van der Waals surface area contributed by atoms with Gasteiger partial charge in [0.25, 0.3) is 0 Å². The summed E-state index contributed by atoms with van der Waals surface area (Å²) in [7, 11) is 0. The highest BCUT2D eigenvalue weighted by molar-refractivity contribution is 5.85. The minimum Gasteiger partial charge on any atom is -0.481 e. The SMILES string of the molecule is [2H]C([2H])(C(=O)O)C([2H])(NC(C)=O)C(=O)O. The maximum Gasteiger partial charge on any atom is 0.326 e. The van der Waals surface area contributed by atoms with Crippen LogP contribution in [0.15, 0.2) is 0 Å². The predicted molar refractivity (Wildman–Crippen MR) is 37.5 cm³/mol. The number of rotatable bonds is 4. The molecule has 0 radical (unpaired) electrons. The van der Waals surface area contributed by atoms with Gasteiger partial charge in [-0.05, 0) is 0 Å². The molecular formula is C6H9NO5. The van der Waals surface area contributed by atoms with Gasteiger partial charge in [-0.1, -0.05) is 0 Å². The van der Waals surface area contributed by atoms with Crippen LogP contribution in [0.1, 0.15) is 17.4 Å². The number of hydrogen-bond acceptors (Lipinski definition) is 3. The van der Waals surface area contributed by atoms with Gasteiger partial charge in [-0.15, -0.1) is 0 Å². The van der Waals surface area contributed by atoms with E-state index in [1.165, 1.54) is 5.32 Å². The summed E-state index contributed by atoms with van der Waals surface area (Å²) in [5.41, 5.74) is 0. The number of carbonyl (C=O) groups excluding carboxylic acids is 1. The Morgan fingerprint density at radius 2 is 2.08 bits per heavy atom. The molecule has 0 bridgehead atoms. The van der Waals surface area contributed by atoms with E-state index in [0.717, 1.165) is 6.92 Å². The molecular weight excluding hydrogens is 166 g/mol. The molecule has 0 spiro atoms. The van der Waals surface area contributed by atoms with E-state index >= 15 is 0 Å². The van der Waals surface area contributed by atoms with Crippen LogP contribution in [-0.4, -0.2) is 34.1 Å². The van der Waals surface area contributed by atoms with Gasteiger partial charge in [0.05, 0.1) is 7.74 Å². The lowest BCUT2D eigenvalue weighted by Gasteiger charge is -2.09. The van der Waals surface area contributed by atoms with Gasteiger partial charge >= 0.3 is 11.9 Å². The zero-order valence-corrected chi connectivity index (χ0v) is 6.12. The summed E-state index contributed by atoms with van der Waals surface area (Å²) in [5.74, 6) is -5.25. The Kier molecular flexibility index (Phi) is 2.16. The van der Waals surface area contributed by atoms with Crippen molar-refractivity contribution in [1.29, 1.82) is 0 Å². The van der Waals surface area contributed by atoms with E-state index in [9.17, 15) is 14.4 Å². The molecule has 0 aromatic carbocycles. The lowest BCUT2D eigenvalue weighted by Crippen LogP contribution is -2.41. The fourth-order valence-electron chi connectivity index (χ4n) is 0.421. The monoisotopic (exact) mass is 178 g/mol. The Hall–Kier alpha value is -1.59. The summed E-state index contributed by atoms with van der Waals surface area (Å²) >= 11 is 0. The Morgan fingerprint density at radius 1 is 1.58 bits per heavy atom. The predicted octanol–water partition coefficient (Wildman–Crippen LogP) is -0.950. The Balaban J connectivity index is 5.38. The molecule has 1 unspecified atom stereocenters. The first-order chi connectivity index (χ1) is 6.55. The van der Waals surface area contributed by atoms with E-state index in [4.69, 9.17) is 14.3 Å². The van der Waals surface area contributed by atoms with Crippen molar-refractivity contribution in [2.45, 2.75) is 19.3 Å². The molecule has 68 valence electrons. The Labute approximate surface area is 72.4 Å². The molecule has 1 atom stereocenters. The van der Waals surface area contributed by atoms with Crippen LogP contribution >= 0.6 is 0 Å². The molecule has 12 heavy (non-hydrogen) atoms. The maximum atomic E-state index is 10.6. The van der Waals surface area contributed by atoms with Gasteiger partial charge in [0.2, 0.25) is 5.91 Å². The minimum absolute atomic E-state index is 0.851. The molecule has 0 aromatic rings. The average molecular weight is 178 g/mol. The molecule has 0 aromatic heterocycles. The molecule has 6 nitrogen and oxygen atoms in total. The van der Waals surface area contributed by atoms with E-state index in [1.807, 2.05) is 0 Å². The highest BCUT2D eigenvalue weighted by Gasteiger charge is 2.21. The zero-order valence-electron chi connectivity index (χ0n) is 9.12. The fourth-order valence-corrected chi connectivity index (χ4v) is 0.421. The second-order valence-electron chi connectivity index (χ2n) is 1.79. The molecule has 0 heterocycles. The summed E-state index contributed by atoms with van der Waals surface area (Å²) < 4.78 is 21.0. The van der Waals surface area contributed by atoms with E-state index in [2.05, 4.69) is 0 Å². The number of hydrogen-bond donors (Lipinski definition) is 3. The van der Waals surface area contributed by atoms with Crippen molar-refractivity contribution in [2.75, 3.05) is 0 Å². The lowest BCUT2D eigenvalue weighted by atomic mass is 10.2. The first-order valence-electron chi connectivity index (χ1n) is 4.31. The highest BCUT2D eigenvalue weighted by Crippen LogP contribution is 1.91. The van der Waals surface area contributed by atoms with E-state index in [1.54, 1.807) is 0 Å². The number of nitrogens with one attached hydrogen (secondary N) is 1. The van der Waals surface area contributed by atoms with Crippen LogP contribution in [0.4, 0.5) is 0 Å². The van der Waals surface area contributed by atoms with Crippen LogP contribution in [0.25, 0.3) is 0 Å². The van der Waals surface area contributed by atoms with E-state index in [0.29, 0.717) is 0 Å². The van der Waals surface area contributed by atoms with Gasteiger partial charge in [-0.25, -0.2) is 4.79 Å². The normalized spacial score (nSPS) is 19.2. The molecule has 0 rings (SSSR count). The van der Waals surface area contributed by atoms with Crippen molar-refractivity contribution < 1.29 is 28.7 Å². The molecule has 0 fully saturated rings. The van der Waals surface area contributed by atoms with Gasteiger partial charge < -0.3 is 15.5 Å². The summed E-state index contributed by atoms with van der Waals surface area (Å²) in [4.78, 5) is 31.6. The van der Waals surface area contributed by atoms with E-state index in [-0.39, 0.29) is 0 Å². The minimum atomic E-state index is -3.44. The number of amides is 1. The van der Waals surface area contributed by atoms with Gasteiger partial charge in [0, 0.05) is 9.67 Å². The molecule has 3 N–H and O–H groups in total. The topological polar surface area (TPSA) is 104 Å².